The van der Waals surface area contributed by atoms with Crippen molar-refractivity contribution in [3.63, 3.8) is 0 Å². The average Bonchev–Trinajstić information content (AvgIpc) is 3.36. The number of hydrogen-bond donors (Lipinski definition) is 0. The number of rotatable bonds is 5. The van der Waals surface area contributed by atoms with E-state index in [1.165, 1.54) is 17.7 Å². The normalized spacial score (nSPS) is 19.5. The zero-order chi connectivity index (χ0) is 21.4. The molecule has 2 fully saturated rings. The number of aryl methyl sites for hydroxylation is 1. The molecule has 0 bridgehead atoms. The van der Waals surface area contributed by atoms with E-state index in [0.29, 0.717) is 11.8 Å². The van der Waals surface area contributed by atoms with Crippen molar-refractivity contribution in [1.29, 1.82) is 0 Å². The highest BCUT2D eigenvalue weighted by Crippen LogP contribution is 2.36. The van der Waals surface area contributed by atoms with Crippen LogP contribution in [0.2, 0.25) is 0 Å². The highest BCUT2D eigenvalue weighted by molar-refractivity contribution is 5.77. The molecule has 31 heavy (non-hydrogen) atoms. The van der Waals surface area contributed by atoms with E-state index in [4.69, 9.17) is 4.42 Å². The van der Waals surface area contributed by atoms with Crippen molar-refractivity contribution >= 4 is 11.6 Å². The summed E-state index contributed by atoms with van der Waals surface area (Å²) in [5.41, 5.74) is 3.29. The molecule has 1 saturated carbocycles. The summed E-state index contributed by atoms with van der Waals surface area (Å²) < 4.78 is 7.83. The lowest BCUT2D eigenvalue weighted by Crippen LogP contribution is -2.54. The van der Waals surface area contributed by atoms with Crippen LogP contribution in [0.5, 0.6) is 0 Å². The largest absolute Gasteiger partial charge is 0.419 e. The van der Waals surface area contributed by atoms with Crippen LogP contribution in [-0.4, -0.2) is 51.2 Å². The molecule has 1 unspecified atom stereocenters. The Bertz CT molecular complexity index is 1070. The van der Waals surface area contributed by atoms with Crippen LogP contribution in [0.1, 0.15) is 43.6 Å². The van der Waals surface area contributed by atoms with Crippen LogP contribution in [0.3, 0.4) is 0 Å². The van der Waals surface area contributed by atoms with E-state index in [0.717, 1.165) is 44.1 Å². The molecule has 5 rings (SSSR count). The first-order valence-corrected chi connectivity index (χ1v) is 11.2. The number of carbonyl (C=O) groups excluding carboxylic acids is 1. The fraction of sp³-hybridized carbons (Fsp3) is 0.458. The number of benzene rings is 1. The van der Waals surface area contributed by atoms with Crippen LogP contribution in [0, 0.1) is 6.92 Å². The summed E-state index contributed by atoms with van der Waals surface area (Å²) in [6.07, 6.45) is 5.37. The minimum Gasteiger partial charge on any atom is -0.419 e. The van der Waals surface area contributed by atoms with E-state index in [1.807, 2.05) is 27.8 Å². The third kappa shape index (κ3) is 3.96. The first-order valence-electron chi connectivity index (χ1n) is 11.2. The summed E-state index contributed by atoms with van der Waals surface area (Å²) in [6, 6.07) is 12.7. The highest BCUT2D eigenvalue weighted by atomic mass is 16.4. The smallest absolute Gasteiger partial charge is 0.264 e. The van der Waals surface area contributed by atoms with Crippen LogP contribution in [0.4, 0.5) is 5.69 Å². The Kier molecular flexibility index (Phi) is 5.26. The summed E-state index contributed by atoms with van der Waals surface area (Å²) in [4.78, 5) is 17.4. The van der Waals surface area contributed by atoms with Gasteiger partial charge in [-0.05, 0) is 56.5 Å². The monoisotopic (exact) mass is 419 g/mol. The minimum absolute atomic E-state index is 0.118. The third-order valence-corrected chi connectivity index (χ3v) is 6.56. The zero-order valence-corrected chi connectivity index (χ0v) is 18.2. The maximum atomic E-state index is 13.1. The molecule has 7 heteroatoms. The second kappa shape index (κ2) is 8.21. The summed E-state index contributed by atoms with van der Waals surface area (Å²) >= 11 is 0. The molecule has 3 aromatic rings. The predicted molar refractivity (Wildman–Crippen MR) is 119 cm³/mol. The molecule has 1 atom stereocenters. The second-order valence-corrected chi connectivity index (χ2v) is 8.82. The number of carbonyl (C=O) groups is 1. The number of nitrogens with zero attached hydrogens (tertiary/aromatic N) is 5. The quantitative estimate of drug-likeness (QED) is 0.628. The Labute approximate surface area is 182 Å². The minimum atomic E-state index is 0.118. The van der Waals surface area contributed by atoms with E-state index in [2.05, 4.69) is 53.2 Å². The summed E-state index contributed by atoms with van der Waals surface area (Å²) in [6.45, 7) is 6.85. The predicted octanol–water partition coefficient (Wildman–Crippen LogP) is 3.85. The van der Waals surface area contributed by atoms with Crippen LogP contribution in [-0.2, 0) is 11.3 Å². The molecule has 1 aliphatic heterocycles. The van der Waals surface area contributed by atoms with Crippen LogP contribution < -0.4 is 4.90 Å². The second-order valence-electron chi connectivity index (χ2n) is 8.82. The van der Waals surface area contributed by atoms with E-state index in [9.17, 15) is 4.79 Å². The van der Waals surface area contributed by atoms with Gasteiger partial charge in [-0.2, -0.15) is 0 Å². The van der Waals surface area contributed by atoms with Crippen molar-refractivity contribution < 1.29 is 9.21 Å². The summed E-state index contributed by atoms with van der Waals surface area (Å²) in [5.74, 6) is 1.74. The molecule has 2 aromatic heterocycles. The zero-order valence-electron chi connectivity index (χ0n) is 18.2. The number of aromatic nitrogens is 3. The average molecular weight is 420 g/mol. The van der Waals surface area contributed by atoms with Crippen LogP contribution >= 0.6 is 0 Å². The van der Waals surface area contributed by atoms with Gasteiger partial charge in [-0.25, -0.2) is 0 Å². The van der Waals surface area contributed by atoms with Gasteiger partial charge in [0.05, 0.1) is 0 Å². The molecule has 1 aromatic carbocycles. The Balaban J connectivity index is 1.24. The summed E-state index contributed by atoms with van der Waals surface area (Å²) in [5, 5.41) is 8.46. The standard InChI is InChI=1S/C24H29N5O2/c1-17-6-3-9-20(14-17)29-13-12-28(15-18(29)2)22(30)16-27-11-5-10-21(27)24-26-25-23(31-24)19-7-4-8-19/h3,5-6,9-11,14,18-19H,4,7-8,12-13,15-16H2,1-2H3. The topological polar surface area (TPSA) is 67.4 Å². The van der Waals surface area contributed by atoms with Crippen LogP contribution in [0.25, 0.3) is 11.6 Å². The molecule has 3 heterocycles. The number of hydrogen-bond acceptors (Lipinski definition) is 5. The number of anilines is 1. The van der Waals surface area contributed by atoms with E-state index in [1.54, 1.807) is 0 Å². The fourth-order valence-electron chi connectivity index (χ4n) is 4.52. The van der Waals surface area contributed by atoms with Gasteiger partial charge in [0.25, 0.3) is 5.89 Å². The molecule has 2 aliphatic rings. The van der Waals surface area contributed by atoms with Crippen LogP contribution in [0.15, 0.2) is 47.0 Å². The van der Waals surface area contributed by atoms with Gasteiger partial charge in [-0.3, -0.25) is 4.79 Å². The molecular weight excluding hydrogens is 390 g/mol. The van der Waals surface area contributed by atoms with E-state index < -0.39 is 0 Å². The Morgan fingerprint density at radius 2 is 2.03 bits per heavy atom. The molecule has 7 nitrogen and oxygen atoms in total. The van der Waals surface area contributed by atoms with Gasteiger partial charge in [0.2, 0.25) is 11.8 Å². The van der Waals surface area contributed by atoms with Gasteiger partial charge in [-0.1, -0.05) is 18.6 Å². The van der Waals surface area contributed by atoms with Crippen molar-refractivity contribution in [3.8, 4) is 11.6 Å². The molecule has 162 valence electrons. The van der Waals surface area contributed by atoms with Gasteiger partial charge in [0.1, 0.15) is 12.2 Å². The first-order chi connectivity index (χ1) is 15.1. The summed E-state index contributed by atoms with van der Waals surface area (Å²) in [7, 11) is 0. The maximum absolute atomic E-state index is 13.1. The van der Waals surface area contributed by atoms with E-state index in [-0.39, 0.29) is 18.5 Å². The van der Waals surface area contributed by atoms with Gasteiger partial charge >= 0.3 is 0 Å². The lowest BCUT2D eigenvalue weighted by molar-refractivity contribution is -0.132. The molecule has 1 amide bonds. The lowest BCUT2D eigenvalue weighted by Gasteiger charge is -2.41. The maximum Gasteiger partial charge on any atom is 0.264 e. The Morgan fingerprint density at radius 1 is 1.16 bits per heavy atom. The van der Waals surface area contributed by atoms with Gasteiger partial charge in [-0.15, -0.1) is 10.2 Å². The van der Waals surface area contributed by atoms with Crippen molar-refractivity contribution in [1.82, 2.24) is 19.7 Å². The van der Waals surface area contributed by atoms with Gasteiger partial charge < -0.3 is 18.8 Å². The molecule has 0 spiro atoms. The molecular formula is C24H29N5O2. The Morgan fingerprint density at radius 3 is 2.77 bits per heavy atom. The van der Waals surface area contributed by atoms with Gasteiger partial charge in [0.15, 0.2) is 0 Å². The van der Waals surface area contributed by atoms with Crippen molar-refractivity contribution in [2.45, 2.75) is 51.6 Å². The SMILES string of the molecule is Cc1cccc(N2CCN(C(=O)Cn3cccc3-c3nnc(C4CCC4)o3)CC2C)c1. The first kappa shape index (κ1) is 19.8. The molecule has 1 aliphatic carbocycles. The van der Waals surface area contributed by atoms with E-state index >= 15 is 0 Å². The molecule has 0 N–H and O–H groups in total. The number of amides is 1. The van der Waals surface area contributed by atoms with Crippen molar-refractivity contribution in [3.05, 3.63) is 54.0 Å². The third-order valence-electron chi connectivity index (χ3n) is 6.56. The highest BCUT2D eigenvalue weighted by Gasteiger charge is 2.28. The fourth-order valence-corrected chi connectivity index (χ4v) is 4.52. The molecule has 0 radical (unpaired) electrons. The molecule has 1 saturated heterocycles. The Hall–Kier alpha value is -3.09. The van der Waals surface area contributed by atoms with Crippen molar-refractivity contribution in [2.75, 3.05) is 24.5 Å². The number of piperazine rings is 1. The van der Waals surface area contributed by atoms with Gasteiger partial charge in [0, 0.05) is 43.5 Å². The van der Waals surface area contributed by atoms with Crippen molar-refractivity contribution in [2.24, 2.45) is 0 Å². The lowest BCUT2D eigenvalue weighted by atomic mass is 9.85.